The number of nitrogens with one attached hydrogen (secondary N) is 1. The molecule has 0 radical (unpaired) electrons. The van der Waals surface area contributed by atoms with Crippen molar-refractivity contribution in [3.05, 3.63) is 35.9 Å². The van der Waals surface area contributed by atoms with E-state index in [2.05, 4.69) is 52.5 Å². The second-order valence-corrected chi connectivity index (χ2v) is 6.79. The lowest BCUT2D eigenvalue weighted by molar-refractivity contribution is 0.214. The second-order valence-electron chi connectivity index (χ2n) is 6.79. The molecule has 0 aromatic heterocycles. The fraction of sp³-hybridized carbons (Fsp3) is 0.667. The van der Waals surface area contributed by atoms with E-state index < -0.39 is 0 Å². The topological polar surface area (TPSA) is 18.5 Å². The van der Waals surface area contributed by atoms with E-state index in [0.29, 0.717) is 12.1 Å². The molecule has 2 unspecified atom stereocenters. The number of hydrogen-bond donors (Lipinski definition) is 1. The van der Waals surface area contributed by atoms with Crippen LogP contribution in [0.25, 0.3) is 0 Å². The molecule has 2 atom stereocenters. The first-order valence-electron chi connectivity index (χ1n) is 8.50. The minimum absolute atomic E-state index is 0.706. The minimum Gasteiger partial charge on any atom is -0.309 e. The van der Waals surface area contributed by atoms with Crippen LogP contribution in [0.1, 0.15) is 24.8 Å². The quantitative estimate of drug-likeness (QED) is 0.893. The van der Waals surface area contributed by atoms with Gasteiger partial charge in [0.15, 0.2) is 0 Å². The molecule has 1 N–H and O–H groups in total. The number of piperidine rings is 1. The fourth-order valence-corrected chi connectivity index (χ4v) is 3.74. The Hall–Kier alpha value is -0.900. The Labute approximate surface area is 129 Å². The van der Waals surface area contributed by atoms with Gasteiger partial charge in [-0.3, -0.25) is 0 Å². The van der Waals surface area contributed by atoms with E-state index in [4.69, 9.17) is 0 Å². The van der Waals surface area contributed by atoms with Crippen molar-refractivity contribution in [2.24, 2.45) is 0 Å². The van der Waals surface area contributed by atoms with Crippen LogP contribution >= 0.6 is 0 Å². The van der Waals surface area contributed by atoms with Crippen LogP contribution in [-0.4, -0.2) is 61.7 Å². The van der Waals surface area contributed by atoms with Crippen molar-refractivity contribution in [1.82, 2.24) is 15.1 Å². The molecule has 3 heteroatoms. The molecule has 3 rings (SSSR count). The molecule has 2 fully saturated rings. The monoisotopic (exact) mass is 287 g/mol. The van der Waals surface area contributed by atoms with Gasteiger partial charge >= 0.3 is 0 Å². The third-order valence-corrected chi connectivity index (χ3v) is 4.93. The molecule has 0 spiro atoms. The molecule has 0 bridgehead atoms. The first kappa shape index (κ1) is 15.0. The van der Waals surface area contributed by atoms with Crippen LogP contribution in [0, 0.1) is 0 Å². The van der Waals surface area contributed by atoms with Gasteiger partial charge in [0.25, 0.3) is 0 Å². The molecule has 21 heavy (non-hydrogen) atoms. The summed E-state index contributed by atoms with van der Waals surface area (Å²) in [7, 11) is 2.24. The Bertz CT molecular complexity index is 420. The van der Waals surface area contributed by atoms with Gasteiger partial charge in [-0.25, -0.2) is 0 Å². The molecule has 116 valence electrons. The third-order valence-electron chi connectivity index (χ3n) is 4.93. The number of hydrogen-bond acceptors (Lipinski definition) is 3. The number of rotatable bonds is 5. The van der Waals surface area contributed by atoms with Crippen molar-refractivity contribution >= 4 is 0 Å². The van der Waals surface area contributed by atoms with E-state index in [9.17, 15) is 0 Å². The van der Waals surface area contributed by atoms with Crippen molar-refractivity contribution < 1.29 is 0 Å². The Morgan fingerprint density at radius 1 is 1.05 bits per heavy atom. The standard InChI is InChI=1S/C18H29N3/c1-20-11-5-8-17(14-20)19-18-10-13-21(15-18)12-9-16-6-3-2-4-7-16/h2-4,6-7,17-19H,5,8-15H2,1H3. The Morgan fingerprint density at radius 2 is 1.86 bits per heavy atom. The molecular weight excluding hydrogens is 258 g/mol. The molecule has 2 saturated heterocycles. The second kappa shape index (κ2) is 7.39. The summed E-state index contributed by atoms with van der Waals surface area (Å²) >= 11 is 0. The average molecular weight is 287 g/mol. The molecule has 2 aliphatic heterocycles. The minimum atomic E-state index is 0.706. The maximum atomic E-state index is 3.89. The van der Waals surface area contributed by atoms with Crippen LogP contribution in [0.5, 0.6) is 0 Å². The van der Waals surface area contributed by atoms with Crippen molar-refractivity contribution in [3.8, 4) is 0 Å². The maximum Gasteiger partial charge on any atom is 0.0210 e. The zero-order valence-corrected chi connectivity index (χ0v) is 13.3. The van der Waals surface area contributed by atoms with Crippen LogP contribution in [0.2, 0.25) is 0 Å². The highest BCUT2D eigenvalue weighted by molar-refractivity contribution is 5.14. The summed E-state index contributed by atoms with van der Waals surface area (Å²) in [5.41, 5.74) is 1.46. The predicted octanol–water partition coefficient (Wildman–Crippen LogP) is 1.99. The van der Waals surface area contributed by atoms with Crippen LogP contribution in [0.3, 0.4) is 0 Å². The summed E-state index contributed by atoms with van der Waals surface area (Å²) in [5, 5.41) is 3.89. The predicted molar refractivity (Wildman–Crippen MR) is 88.6 cm³/mol. The molecular formula is C18H29N3. The normalized spacial score (nSPS) is 28.0. The summed E-state index contributed by atoms with van der Waals surface area (Å²) in [6, 6.07) is 12.3. The summed E-state index contributed by atoms with van der Waals surface area (Å²) in [6.45, 7) is 6.18. The molecule has 0 aliphatic carbocycles. The zero-order chi connectivity index (χ0) is 14.5. The average Bonchev–Trinajstić information content (AvgIpc) is 2.94. The first-order valence-corrected chi connectivity index (χ1v) is 8.50. The van der Waals surface area contributed by atoms with Gasteiger partial charge in [-0.2, -0.15) is 0 Å². The molecule has 2 aliphatic rings. The Morgan fingerprint density at radius 3 is 2.67 bits per heavy atom. The van der Waals surface area contributed by atoms with Gasteiger partial charge in [0.2, 0.25) is 0 Å². The number of benzene rings is 1. The van der Waals surface area contributed by atoms with Crippen molar-refractivity contribution in [2.75, 3.05) is 39.8 Å². The highest BCUT2D eigenvalue weighted by Crippen LogP contribution is 2.14. The van der Waals surface area contributed by atoms with Gasteiger partial charge in [-0.15, -0.1) is 0 Å². The lowest BCUT2D eigenvalue weighted by atomic mass is 10.1. The van der Waals surface area contributed by atoms with E-state index in [1.165, 1.54) is 64.0 Å². The van der Waals surface area contributed by atoms with Crippen LogP contribution in [0.15, 0.2) is 30.3 Å². The maximum absolute atomic E-state index is 3.89. The number of likely N-dealkylation sites (tertiary alicyclic amines) is 2. The molecule has 3 nitrogen and oxygen atoms in total. The summed E-state index contributed by atoms with van der Waals surface area (Å²) in [4.78, 5) is 5.08. The molecule has 2 heterocycles. The Balaban J connectivity index is 1.39. The largest absolute Gasteiger partial charge is 0.309 e. The lowest BCUT2D eigenvalue weighted by Gasteiger charge is -2.32. The molecule has 0 saturated carbocycles. The summed E-state index contributed by atoms with van der Waals surface area (Å²) in [5.74, 6) is 0. The number of nitrogens with zero attached hydrogens (tertiary/aromatic N) is 2. The van der Waals surface area contributed by atoms with Gasteiger partial charge in [-0.05, 0) is 51.4 Å². The van der Waals surface area contributed by atoms with E-state index >= 15 is 0 Å². The van der Waals surface area contributed by atoms with Gasteiger partial charge in [-0.1, -0.05) is 30.3 Å². The van der Waals surface area contributed by atoms with Crippen molar-refractivity contribution in [3.63, 3.8) is 0 Å². The first-order chi connectivity index (χ1) is 10.3. The fourth-order valence-electron chi connectivity index (χ4n) is 3.74. The van der Waals surface area contributed by atoms with Gasteiger partial charge in [0, 0.05) is 31.7 Å². The third kappa shape index (κ3) is 4.53. The van der Waals surface area contributed by atoms with Gasteiger partial charge in [0.1, 0.15) is 0 Å². The van der Waals surface area contributed by atoms with Crippen LogP contribution in [0.4, 0.5) is 0 Å². The summed E-state index contributed by atoms with van der Waals surface area (Å²) in [6.07, 6.45) is 5.19. The van der Waals surface area contributed by atoms with E-state index in [1.807, 2.05) is 0 Å². The molecule has 0 amide bonds. The van der Waals surface area contributed by atoms with E-state index in [-0.39, 0.29) is 0 Å². The van der Waals surface area contributed by atoms with Crippen molar-refractivity contribution in [2.45, 2.75) is 37.8 Å². The van der Waals surface area contributed by atoms with Gasteiger partial charge < -0.3 is 15.1 Å². The van der Waals surface area contributed by atoms with Gasteiger partial charge in [0.05, 0.1) is 0 Å². The molecule has 1 aromatic rings. The SMILES string of the molecule is CN1CCCC(NC2CCN(CCc3ccccc3)C2)C1. The van der Waals surface area contributed by atoms with Crippen LogP contribution < -0.4 is 5.32 Å². The highest BCUT2D eigenvalue weighted by atomic mass is 15.2. The van der Waals surface area contributed by atoms with Crippen LogP contribution in [-0.2, 0) is 6.42 Å². The smallest absolute Gasteiger partial charge is 0.0210 e. The summed E-state index contributed by atoms with van der Waals surface area (Å²) < 4.78 is 0. The van der Waals surface area contributed by atoms with E-state index in [1.54, 1.807) is 0 Å². The zero-order valence-electron chi connectivity index (χ0n) is 13.3. The highest BCUT2D eigenvalue weighted by Gasteiger charge is 2.26. The number of likely N-dealkylation sites (N-methyl/N-ethyl adjacent to an activating group) is 1. The van der Waals surface area contributed by atoms with E-state index in [0.717, 1.165) is 0 Å². The lowest BCUT2D eigenvalue weighted by Crippen LogP contribution is -2.48. The molecule has 1 aromatic carbocycles. The Kier molecular flexibility index (Phi) is 5.28. The van der Waals surface area contributed by atoms with Crippen molar-refractivity contribution in [1.29, 1.82) is 0 Å².